The molecular weight excluding hydrogens is 370 g/mol. The third kappa shape index (κ3) is 3.38. The van der Waals surface area contributed by atoms with Crippen molar-refractivity contribution in [2.45, 2.75) is 18.9 Å². The van der Waals surface area contributed by atoms with Crippen molar-refractivity contribution in [1.29, 1.82) is 0 Å². The molecule has 1 aliphatic heterocycles. The van der Waals surface area contributed by atoms with Gasteiger partial charge in [-0.05, 0) is 23.8 Å². The average Bonchev–Trinajstić information content (AvgIpc) is 3.01. The lowest BCUT2D eigenvalue weighted by atomic mass is 9.91. The highest BCUT2D eigenvalue weighted by Gasteiger charge is 2.29. The molecule has 26 heavy (non-hydrogen) atoms. The summed E-state index contributed by atoms with van der Waals surface area (Å²) in [6, 6.07) is 15.4. The Morgan fingerprint density at radius 3 is 2.77 bits per heavy atom. The number of carbonyl (C=O) groups is 1. The molecule has 0 spiro atoms. The van der Waals surface area contributed by atoms with E-state index >= 15 is 0 Å². The van der Waals surface area contributed by atoms with E-state index in [2.05, 4.69) is 10.3 Å². The molecule has 7 heteroatoms. The maximum atomic E-state index is 12.0. The molecule has 1 atom stereocenters. The van der Waals surface area contributed by atoms with Crippen molar-refractivity contribution in [3.63, 3.8) is 0 Å². The number of hydrogen-bond acceptors (Lipinski definition) is 5. The van der Waals surface area contributed by atoms with E-state index in [4.69, 9.17) is 22.1 Å². The number of nitrogen functional groups attached to an aromatic ring is 1. The molecule has 0 unspecified atom stereocenters. The van der Waals surface area contributed by atoms with Gasteiger partial charge in [-0.2, -0.15) is 0 Å². The van der Waals surface area contributed by atoms with Gasteiger partial charge in [0.25, 0.3) is 0 Å². The fourth-order valence-electron chi connectivity index (χ4n) is 2.98. The molecule has 0 saturated carbocycles. The summed E-state index contributed by atoms with van der Waals surface area (Å²) in [6.07, 6.45) is 0.383. The van der Waals surface area contributed by atoms with Crippen LogP contribution >= 0.6 is 22.9 Å². The summed E-state index contributed by atoms with van der Waals surface area (Å²) in [4.78, 5) is 17.1. The predicted octanol–water partition coefficient (Wildman–Crippen LogP) is 4.43. The monoisotopic (exact) mass is 385 g/mol. The molecule has 132 valence electrons. The number of rotatable bonds is 4. The lowest BCUT2D eigenvalue weighted by Gasteiger charge is -2.21. The molecule has 5 nitrogen and oxygen atoms in total. The minimum atomic E-state index is -0.0492. The molecule has 1 aliphatic rings. The first-order valence-corrected chi connectivity index (χ1v) is 9.32. The Morgan fingerprint density at radius 1 is 1.23 bits per heavy atom. The molecule has 2 aromatic carbocycles. The van der Waals surface area contributed by atoms with E-state index in [9.17, 15) is 4.79 Å². The fraction of sp³-hybridized carbons (Fsp3) is 0.158. The highest BCUT2D eigenvalue weighted by molar-refractivity contribution is 7.16. The summed E-state index contributed by atoms with van der Waals surface area (Å²) >= 11 is 7.56. The van der Waals surface area contributed by atoms with Crippen LogP contribution in [0.5, 0.6) is 5.75 Å². The number of benzene rings is 2. The highest BCUT2D eigenvalue weighted by Crippen LogP contribution is 2.41. The first kappa shape index (κ1) is 16.9. The van der Waals surface area contributed by atoms with Gasteiger partial charge in [-0.15, -0.1) is 0 Å². The molecule has 1 aromatic heterocycles. The van der Waals surface area contributed by atoms with Gasteiger partial charge in [-0.25, -0.2) is 4.98 Å². The van der Waals surface area contributed by atoms with Crippen LogP contribution in [0.2, 0.25) is 5.02 Å². The zero-order valence-corrected chi connectivity index (χ0v) is 15.3. The van der Waals surface area contributed by atoms with E-state index in [0.717, 1.165) is 21.8 Å². The van der Waals surface area contributed by atoms with Crippen molar-refractivity contribution in [3.05, 3.63) is 69.6 Å². The van der Waals surface area contributed by atoms with Crippen molar-refractivity contribution < 1.29 is 9.53 Å². The average molecular weight is 386 g/mol. The quantitative estimate of drug-likeness (QED) is 0.696. The number of halogens is 1. The molecule has 4 rings (SSSR count). The third-order valence-electron chi connectivity index (χ3n) is 4.27. The molecule has 3 N–H and O–H groups in total. The zero-order valence-electron chi connectivity index (χ0n) is 13.7. The largest absolute Gasteiger partial charge is 0.489 e. The number of nitrogens with one attached hydrogen (secondary N) is 1. The second kappa shape index (κ2) is 6.97. The van der Waals surface area contributed by atoms with Crippen molar-refractivity contribution in [1.82, 2.24) is 4.98 Å². The lowest BCUT2D eigenvalue weighted by molar-refractivity contribution is -0.116. The number of thiazole rings is 1. The summed E-state index contributed by atoms with van der Waals surface area (Å²) in [6.45, 7) is 0.403. The minimum Gasteiger partial charge on any atom is -0.489 e. The van der Waals surface area contributed by atoms with Crippen LogP contribution in [0.1, 0.15) is 28.3 Å². The van der Waals surface area contributed by atoms with Gasteiger partial charge in [0, 0.05) is 22.9 Å². The number of carbonyl (C=O) groups excluding carboxylic acids is 1. The van der Waals surface area contributed by atoms with Crippen LogP contribution in [0.3, 0.4) is 0 Å². The number of anilines is 2. The second-order valence-corrected chi connectivity index (χ2v) is 7.49. The van der Waals surface area contributed by atoms with Crippen molar-refractivity contribution in [2.75, 3.05) is 11.1 Å². The molecule has 0 radical (unpaired) electrons. The number of nitrogens with zero attached hydrogens (tertiary/aromatic N) is 1. The van der Waals surface area contributed by atoms with Crippen molar-refractivity contribution in [3.8, 4) is 5.75 Å². The second-order valence-electron chi connectivity index (χ2n) is 6.02. The maximum Gasteiger partial charge on any atom is 0.226 e. The van der Waals surface area contributed by atoms with Crippen LogP contribution in [0.15, 0.2) is 48.5 Å². The SMILES string of the molecule is Nc1nc2c(s1)[C@@H](c1ccc(OCc3ccccc3Cl)cc1)CC(=O)N2. The van der Waals surface area contributed by atoms with Gasteiger partial charge in [0.2, 0.25) is 5.91 Å². The number of fused-ring (bicyclic) bond motifs is 1. The van der Waals surface area contributed by atoms with Gasteiger partial charge in [0.1, 0.15) is 18.2 Å². The number of hydrogen-bond donors (Lipinski definition) is 2. The first-order valence-electron chi connectivity index (χ1n) is 8.12. The number of amides is 1. The van der Waals surface area contributed by atoms with Gasteiger partial charge in [-0.3, -0.25) is 4.79 Å². The first-order chi connectivity index (χ1) is 12.6. The Morgan fingerprint density at radius 2 is 2.00 bits per heavy atom. The Labute approximate surface area is 159 Å². The zero-order chi connectivity index (χ0) is 18.1. The maximum absolute atomic E-state index is 12.0. The van der Waals surface area contributed by atoms with Gasteiger partial charge in [-0.1, -0.05) is 53.3 Å². The standard InChI is InChI=1S/C19H16ClN3O2S/c20-15-4-2-1-3-12(15)10-25-13-7-5-11(6-8-13)14-9-16(24)22-18-17(14)26-19(21)23-18/h1-8,14H,9-10H2,(H2,21,23)(H,22,24)/t14-/m1/s1. The van der Waals surface area contributed by atoms with Gasteiger partial charge < -0.3 is 15.8 Å². The third-order valence-corrected chi connectivity index (χ3v) is 5.64. The minimum absolute atomic E-state index is 0.0360. The summed E-state index contributed by atoms with van der Waals surface area (Å²) < 4.78 is 5.82. The van der Waals surface area contributed by atoms with Crippen LogP contribution in [0.25, 0.3) is 0 Å². The van der Waals surface area contributed by atoms with Crippen molar-refractivity contribution in [2.24, 2.45) is 0 Å². The summed E-state index contributed by atoms with van der Waals surface area (Å²) in [5, 5.41) is 3.93. The Bertz CT molecular complexity index is 956. The topological polar surface area (TPSA) is 77.2 Å². The van der Waals surface area contributed by atoms with E-state index < -0.39 is 0 Å². The van der Waals surface area contributed by atoms with Crippen LogP contribution in [-0.2, 0) is 11.4 Å². The van der Waals surface area contributed by atoms with Crippen LogP contribution < -0.4 is 15.8 Å². The number of aromatic nitrogens is 1. The van der Waals surface area contributed by atoms with E-state index in [1.807, 2.05) is 48.5 Å². The van der Waals surface area contributed by atoms with E-state index in [-0.39, 0.29) is 11.8 Å². The molecule has 1 amide bonds. The smallest absolute Gasteiger partial charge is 0.226 e. The van der Waals surface area contributed by atoms with Crippen LogP contribution in [-0.4, -0.2) is 10.9 Å². The van der Waals surface area contributed by atoms with Gasteiger partial charge in [0.05, 0.1) is 4.88 Å². The fourth-order valence-corrected chi connectivity index (χ4v) is 4.09. The molecule has 2 heterocycles. The molecule has 0 saturated heterocycles. The Balaban J connectivity index is 1.51. The predicted molar refractivity (Wildman–Crippen MR) is 104 cm³/mol. The van der Waals surface area contributed by atoms with Gasteiger partial charge >= 0.3 is 0 Å². The Kier molecular flexibility index (Phi) is 4.53. The molecule has 0 fully saturated rings. The summed E-state index contributed by atoms with van der Waals surface area (Å²) in [5.41, 5.74) is 7.77. The molecule has 3 aromatic rings. The summed E-state index contributed by atoms with van der Waals surface area (Å²) in [7, 11) is 0. The van der Waals surface area contributed by atoms with E-state index in [0.29, 0.717) is 29.0 Å². The van der Waals surface area contributed by atoms with E-state index in [1.165, 1.54) is 11.3 Å². The van der Waals surface area contributed by atoms with Crippen molar-refractivity contribution >= 4 is 39.8 Å². The highest BCUT2D eigenvalue weighted by atomic mass is 35.5. The van der Waals surface area contributed by atoms with Crippen LogP contribution in [0.4, 0.5) is 10.9 Å². The summed E-state index contributed by atoms with van der Waals surface area (Å²) in [5.74, 6) is 1.24. The van der Waals surface area contributed by atoms with Crippen LogP contribution in [0, 0.1) is 0 Å². The molecule has 0 bridgehead atoms. The van der Waals surface area contributed by atoms with E-state index in [1.54, 1.807) is 0 Å². The number of ether oxygens (including phenoxy) is 1. The molecular formula is C19H16ClN3O2S. The number of nitrogens with two attached hydrogens (primary N) is 1. The Hall–Kier alpha value is -2.57. The lowest BCUT2D eigenvalue weighted by Crippen LogP contribution is -2.22. The molecule has 0 aliphatic carbocycles. The normalized spacial score (nSPS) is 16.0. The van der Waals surface area contributed by atoms with Gasteiger partial charge in [0.15, 0.2) is 5.13 Å².